The Morgan fingerprint density at radius 2 is 2.03 bits per heavy atom. The number of aromatic amines is 1. The number of benzene rings is 1. The summed E-state index contributed by atoms with van der Waals surface area (Å²) in [5, 5.41) is 9.53. The Labute approximate surface area is 199 Å². The lowest BCUT2D eigenvalue weighted by atomic mass is 10.1. The fourth-order valence-corrected chi connectivity index (χ4v) is 4.75. The summed E-state index contributed by atoms with van der Waals surface area (Å²) in [6, 6.07) is 11.0. The van der Waals surface area contributed by atoms with E-state index in [1.807, 2.05) is 23.6 Å². The largest absolute Gasteiger partial charge is 0.493 e. The summed E-state index contributed by atoms with van der Waals surface area (Å²) in [5.74, 6) is 1.62. The summed E-state index contributed by atoms with van der Waals surface area (Å²) in [5.41, 5.74) is 2.81. The third-order valence-corrected chi connectivity index (χ3v) is 6.59. The minimum absolute atomic E-state index is 0.119. The Hall–Kier alpha value is -3.92. The maximum Gasteiger partial charge on any atom is 0.255 e. The number of aryl methyl sites for hydroxylation is 1. The lowest BCUT2D eigenvalue weighted by molar-refractivity contribution is -0.115. The minimum Gasteiger partial charge on any atom is -0.493 e. The van der Waals surface area contributed by atoms with E-state index >= 15 is 0 Å². The number of rotatable bonds is 7. The smallest absolute Gasteiger partial charge is 0.255 e. The van der Waals surface area contributed by atoms with Crippen LogP contribution in [0.15, 0.2) is 46.6 Å². The van der Waals surface area contributed by atoms with Crippen molar-refractivity contribution in [2.45, 2.75) is 25.7 Å². The molecule has 1 aliphatic rings. The molecule has 0 saturated carbocycles. The lowest BCUT2D eigenvalue weighted by Crippen LogP contribution is -2.21. The third kappa shape index (κ3) is 4.19. The zero-order valence-corrected chi connectivity index (χ0v) is 19.6. The molecule has 1 aliphatic carbocycles. The summed E-state index contributed by atoms with van der Waals surface area (Å²) in [6.45, 7) is 0. The first-order valence-corrected chi connectivity index (χ1v) is 11.7. The van der Waals surface area contributed by atoms with Crippen molar-refractivity contribution in [1.29, 1.82) is 0 Å². The van der Waals surface area contributed by atoms with Gasteiger partial charge >= 0.3 is 0 Å². The molecular weight excluding hydrogens is 454 g/mol. The van der Waals surface area contributed by atoms with Gasteiger partial charge in [0.25, 0.3) is 5.56 Å². The molecule has 5 rings (SSSR count). The number of methoxy groups -OCH3 is 2. The van der Waals surface area contributed by atoms with Crippen LogP contribution in [0.2, 0.25) is 0 Å². The van der Waals surface area contributed by atoms with Crippen molar-refractivity contribution in [2.24, 2.45) is 0 Å². The SMILES string of the molecule is COc1ccc(CC(=O)Nc2cc(-c3cccs3)nn2-c2nc3c(c(=O)[nH]2)CCC3)cc1OC. The van der Waals surface area contributed by atoms with Crippen LogP contribution in [0.3, 0.4) is 0 Å². The number of fused-ring (bicyclic) bond motifs is 1. The van der Waals surface area contributed by atoms with Gasteiger partial charge in [-0.3, -0.25) is 14.6 Å². The molecule has 0 aliphatic heterocycles. The number of anilines is 1. The summed E-state index contributed by atoms with van der Waals surface area (Å²) in [7, 11) is 3.12. The van der Waals surface area contributed by atoms with Crippen LogP contribution in [0.1, 0.15) is 23.2 Å². The van der Waals surface area contributed by atoms with E-state index < -0.39 is 0 Å². The zero-order chi connectivity index (χ0) is 23.7. The first-order valence-electron chi connectivity index (χ1n) is 10.8. The van der Waals surface area contributed by atoms with Crippen LogP contribution in [0.25, 0.3) is 16.5 Å². The summed E-state index contributed by atoms with van der Waals surface area (Å²) in [6.07, 6.45) is 2.51. The second kappa shape index (κ2) is 9.14. The average molecular weight is 478 g/mol. The predicted molar refractivity (Wildman–Crippen MR) is 129 cm³/mol. The number of thiophene rings is 1. The van der Waals surface area contributed by atoms with E-state index in [9.17, 15) is 9.59 Å². The van der Waals surface area contributed by atoms with Gasteiger partial charge in [-0.1, -0.05) is 12.1 Å². The molecule has 1 aromatic carbocycles. The second-order valence-corrected chi connectivity index (χ2v) is 8.83. The standard InChI is InChI=1S/C24H23N5O4S/c1-32-18-9-8-14(11-19(18)33-2)12-22(30)26-21-13-17(20-7-4-10-34-20)28-29(21)24-25-16-6-3-5-15(16)23(31)27-24/h4,7-11,13H,3,5-6,12H2,1-2H3,(H,26,30)(H,25,27,31). The Morgan fingerprint density at radius 1 is 1.18 bits per heavy atom. The van der Waals surface area contributed by atoms with Gasteiger partial charge in [-0.25, -0.2) is 4.98 Å². The molecule has 0 bridgehead atoms. The molecule has 9 nitrogen and oxygen atoms in total. The Kier molecular flexibility index (Phi) is 5.89. The number of hydrogen-bond acceptors (Lipinski definition) is 7. The van der Waals surface area contributed by atoms with Crippen molar-refractivity contribution in [3.8, 4) is 28.0 Å². The van der Waals surface area contributed by atoms with Crippen LogP contribution in [0.4, 0.5) is 5.82 Å². The van der Waals surface area contributed by atoms with Gasteiger partial charge in [0.15, 0.2) is 11.5 Å². The van der Waals surface area contributed by atoms with E-state index in [1.54, 1.807) is 32.4 Å². The van der Waals surface area contributed by atoms with E-state index in [2.05, 4.69) is 20.4 Å². The molecule has 3 heterocycles. The normalized spacial score (nSPS) is 12.4. The molecule has 0 fully saturated rings. The van der Waals surface area contributed by atoms with Crippen molar-refractivity contribution in [1.82, 2.24) is 19.7 Å². The fraction of sp³-hybridized carbons (Fsp3) is 0.250. The van der Waals surface area contributed by atoms with Crippen molar-refractivity contribution in [3.63, 3.8) is 0 Å². The van der Waals surface area contributed by atoms with Crippen LogP contribution in [0.5, 0.6) is 11.5 Å². The van der Waals surface area contributed by atoms with Gasteiger partial charge in [0, 0.05) is 11.6 Å². The van der Waals surface area contributed by atoms with E-state index in [4.69, 9.17) is 9.47 Å². The van der Waals surface area contributed by atoms with Gasteiger partial charge in [0.05, 0.1) is 31.2 Å². The highest BCUT2D eigenvalue weighted by atomic mass is 32.1. The Balaban J connectivity index is 1.47. The van der Waals surface area contributed by atoms with Crippen molar-refractivity contribution >= 4 is 23.1 Å². The molecule has 0 radical (unpaired) electrons. The highest BCUT2D eigenvalue weighted by Crippen LogP contribution is 2.29. The molecule has 0 atom stereocenters. The number of nitrogens with one attached hydrogen (secondary N) is 2. The molecule has 3 aromatic heterocycles. The maximum atomic E-state index is 13.0. The van der Waals surface area contributed by atoms with Gasteiger partial charge in [-0.2, -0.15) is 9.78 Å². The van der Waals surface area contributed by atoms with E-state index in [0.717, 1.165) is 41.0 Å². The maximum absolute atomic E-state index is 13.0. The number of ether oxygens (including phenoxy) is 2. The monoisotopic (exact) mass is 477 g/mol. The Morgan fingerprint density at radius 3 is 2.79 bits per heavy atom. The first kappa shape index (κ1) is 21.9. The molecule has 10 heteroatoms. The topological polar surface area (TPSA) is 111 Å². The Bertz CT molecular complexity index is 1410. The molecule has 174 valence electrons. The predicted octanol–water partition coefficient (Wildman–Crippen LogP) is 3.37. The molecular formula is C24H23N5O4S. The molecule has 2 N–H and O–H groups in total. The number of H-pyrrole nitrogens is 1. The highest BCUT2D eigenvalue weighted by molar-refractivity contribution is 7.13. The number of carbonyl (C=O) groups excluding carboxylic acids is 1. The van der Waals surface area contributed by atoms with Gasteiger partial charge in [0.2, 0.25) is 11.9 Å². The molecule has 0 unspecified atom stereocenters. The van der Waals surface area contributed by atoms with Crippen molar-refractivity contribution < 1.29 is 14.3 Å². The van der Waals surface area contributed by atoms with E-state index in [0.29, 0.717) is 23.0 Å². The van der Waals surface area contributed by atoms with Gasteiger partial charge in [0.1, 0.15) is 11.5 Å². The first-order chi connectivity index (χ1) is 16.6. The molecule has 4 aromatic rings. The molecule has 1 amide bonds. The van der Waals surface area contributed by atoms with Gasteiger partial charge < -0.3 is 14.8 Å². The summed E-state index contributed by atoms with van der Waals surface area (Å²) >= 11 is 1.54. The number of amides is 1. The third-order valence-electron chi connectivity index (χ3n) is 5.69. The zero-order valence-electron chi connectivity index (χ0n) is 18.8. The molecule has 0 spiro atoms. The number of carbonyl (C=O) groups is 1. The minimum atomic E-state index is -0.241. The highest BCUT2D eigenvalue weighted by Gasteiger charge is 2.21. The average Bonchev–Trinajstić information content (AvgIpc) is 3.59. The van der Waals surface area contributed by atoms with Gasteiger partial charge in [-0.15, -0.1) is 11.3 Å². The van der Waals surface area contributed by atoms with Crippen LogP contribution >= 0.6 is 11.3 Å². The number of hydrogen-bond donors (Lipinski definition) is 2. The van der Waals surface area contributed by atoms with Crippen molar-refractivity contribution in [3.05, 3.63) is 69.0 Å². The molecule has 34 heavy (non-hydrogen) atoms. The van der Waals surface area contributed by atoms with E-state index in [-0.39, 0.29) is 23.8 Å². The quantitative estimate of drug-likeness (QED) is 0.422. The summed E-state index contributed by atoms with van der Waals surface area (Å²) < 4.78 is 12.1. The van der Waals surface area contributed by atoms with Crippen LogP contribution in [-0.4, -0.2) is 39.9 Å². The number of nitrogens with zero attached hydrogens (tertiary/aromatic N) is 3. The van der Waals surface area contributed by atoms with Gasteiger partial charge in [-0.05, 0) is 48.4 Å². The number of aromatic nitrogens is 4. The van der Waals surface area contributed by atoms with Crippen LogP contribution < -0.4 is 20.3 Å². The molecule has 0 saturated heterocycles. The fourth-order valence-electron chi connectivity index (χ4n) is 4.07. The van der Waals surface area contributed by atoms with Crippen LogP contribution in [-0.2, 0) is 24.1 Å². The second-order valence-electron chi connectivity index (χ2n) is 7.89. The van der Waals surface area contributed by atoms with E-state index in [1.165, 1.54) is 16.0 Å². The van der Waals surface area contributed by atoms with Crippen molar-refractivity contribution in [2.75, 3.05) is 19.5 Å². The lowest BCUT2D eigenvalue weighted by Gasteiger charge is -2.11. The summed E-state index contributed by atoms with van der Waals surface area (Å²) in [4.78, 5) is 34.0. The van der Waals surface area contributed by atoms with Crippen LogP contribution in [0, 0.1) is 0 Å².